The zero-order valence-electron chi connectivity index (χ0n) is 13.7. The van der Waals surface area contributed by atoms with Crippen LogP contribution in [-0.2, 0) is 6.54 Å². The molecule has 1 amide bonds. The van der Waals surface area contributed by atoms with Crippen LogP contribution in [0, 0.1) is 6.92 Å². The third kappa shape index (κ3) is 3.19. The molecule has 0 fully saturated rings. The van der Waals surface area contributed by atoms with E-state index in [1.807, 2.05) is 60.8 Å². The summed E-state index contributed by atoms with van der Waals surface area (Å²) in [5, 5.41) is 5.79. The fourth-order valence-electron chi connectivity index (χ4n) is 2.75. The molecule has 0 bridgehead atoms. The number of aromatic nitrogens is 1. The van der Waals surface area contributed by atoms with Crippen molar-refractivity contribution in [3.63, 3.8) is 0 Å². The number of amides is 1. The Morgan fingerprint density at radius 3 is 2.88 bits per heavy atom. The zero-order valence-corrected chi connectivity index (χ0v) is 14.5. The lowest BCUT2D eigenvalue weighted by Crippen LogP contribution is -2.23. The van der Waals surface area contributed by atoms with E-state index >= 15 is 0 Å². The molecule has 3 heterocycles. The second kappa shape index (κ2) is 6.53. The van der Waals surface area contributed by atoms with Crippen LogP contribution in [0.2, 0.25) is 0 Å². The van der Waals surface area contributed by atoms with Crippen molar-refractivity contribution in [1.82, 2.24) is 10.3 Å². The van der Waals surface area contributed by atoms with Crippen LogP contribution in [0.3, 0.4) is 0 Å². The van der Waals surface area contributed by atoms with E-state index in [-0.39, 0.29) is 5.91 Å². The van der Waals surface area contributed by atoms with Crippen LogP contribution in [0.1, 0.15) is 21.7 Å². The van der Waals surface area contributed by atoms with Gasteiger partial charge in [0.15, 0.2) is 0 Å². The van der Waals surface area contributed by atoms with Crippen LogP contribution in [0.4, 0.5) is 0 Å². The number of fused-ring (bicyclic) bond motifs is 1. The van der Waals surface area contributed by atoms with Crippen LogP contribution >= 0.6 is 11.3 Å². The topological polar surface area (TPSA) is 55.1 Å². The molecule has 3 aromatic heterocycles. The molecular weight excluding hydrogens is 332 g/mol. The number of hydrogen-bond acceptors (Lipinski definition) is 4. The van der Waals surface area contributed by atoms with Crippen molar-refractivity contribution in [2.24, 2.45) is 0 Å². The van der Waals surface area contributed by atoms with Crippen molar-refractivity contribution >= 4 is 28.1 Å². The van der Waals surface area contributed by atoms with Gasteiger partial charge in [0.1, 0.15) is 5.76 Å². The first-order valence-electron chi connectivity index (χ1n) is 7.96. The van der Waals surface area contributed by atoms with Crippen molar-refractivity contribution in [2.75, 3.05) is 0 Å². The minimum Gasteiger partial charge on any atom is -0.467 e. The third-order valence-electron chi connectivity index (χ3n) is 3.99. The SMILES string of the molecule is Cc1ccc2nc(-c3cccs3)cc(C(=O)NCc3ccco3)c2c1. The lowest BCUT2D eigenvalue weighted by atomic mass is 10.0. The lowest BCUT2D eigenvalue weighted by molar-refractivity contribution is 0.0949. The van der Waals surface area contributed by atoms with Crippen LogP contribution in [0.15, 0.2) is 64.6 Å². The Morgan fingerprint density at radius 1 is 1.20 bits per heavy atom. The molecule has 0 aliphatic carbocycles. The summed E-state index contributed by atoms with van der Waals surface area (Å²) < 4.78 is 5.28. The summed E-state index contributed by atoms with van der Waals surface area (Å²) in [4.78, 5) is 18.6. The molecule has 4 aromatic rings. The van der Waals surface area contributed by atoms with Gasteiger partial charge in [0.2, 0.25) is 0 Å². The number of aryl methyl sites for hydroxylation is 1. The quantitative estimate of drug-likeness (QED) is 0.577. The van der Waals surface area contributed by atoms with Gasteiger partial charge in [-0.25, -0.2) is 4.98 Å². The predicted molar refractivity (Wildman–Crippen MR) is 99.7 cm³/mol. The Morgan fingerprint density at radius 2 is 2.12 bits per heavy atom. The molecule has 1 N–H and O–H groups in total. The van der Waals surface area contributed by atoms with Gasteiger partial charge in [0, 0.05) is 5.39 Å². The Hall–Kier alpha value is -2.92. The number of hydrogen-bond donors (Lipinski definition) is 1. The zero-order chi connectivity index (χ0) is 17.2. The van der Waals surface area contributed by atoms with Gasteiger partial charge >= 0.3 is 0 Å². The molecule has 4 rings (SSSR count). The number of nitrogens with one attached hydrogen (secondary N) is 1. The molecule has 0 spiro atoms. The second-order valence-electron chi connectivity index (χ2n) is 5.82. The van der Waals surface area contributed by atoms with Gasteiger partial charge in [-0.05, 0) is 48.7 Å². The van der Waals surface area contributed by atoms with Crippen LogP contribution < -0.4 is 5.32 Å². The number of furan rings is 1. The van der Waals surface area contributed by atoms with Gasteiger partial charge in [0.25, 0.3) is 5.91 Å². The summed E-state index contributed by atoms with van der Waals surface area (Å²) in [5.74, 6) is 0.591. The van der Waals surface area contributed by atoms with Crippen molar-refractivity contribution in [3.05, 3.63) is 77.1 Å². The summed E-state index contributed by atoms with van der Waals surface area (Å²) in [5.41, 5.74) is 3.36. The molecule has 5 heteroatoms. The standard InChI is InChI=1S/C20H16N2O2S/c1-13-6-7-17-15(10-13)16(11-18(22-17)19-5-3-9-25-19)20(23)21-12-14-4-2-8-24-14/h2-11H,12H2,1H3,(H,21,23). The van der Waals surface area contributed by atoms with E-state index in [2.05, 4.69) is 5.32 Å². The first-order valence-corrected chi connectivity index (χ1v) is 8.84. The summed E-state index contributed by atoms with van der Waals surface area (Å²) >= 11 is 1.61. The molecule has 0 saturated carbocycles. The van der Waals surface area contributed by atoms with Crippen molar-refractivity contribution in [3.8, 4) is 10.6 Å². The number of carbonyl (C=O) groups is 1. The normalized spacial score (nSPS) is 10.9. The number of thiophene rings is 1. The Balaban J connectivity index is 1.76. The number of rotatable bonds is 4. The minimum atomic E-state index is -0.132. The second-order valence-corrected chi connectivity index (χ2v) is 6.76. The first-order chi connectivity index (χ1) is 12.2. The van der Waals surface area contributed by atoms with E-state index in [0.29, 0.717) is 12.1 Å². The maximum atomic E-state index is 12.8. The highest BCUT2D eigenvalue weighted by molar-refractivity contribution is 7.13. The molecule has 0 aliphatic heterocycles. The van der Waals surface area contributed by atoms with Crippen molar-refractivity contribution < 1.29 is 9.21 Å². The molecule has 0 atom stereocenters. The van der Waals surface area contributed by atoms with Gasteiger partial charge in [-0.15, -0.1) is 11.3 Å². The highest BCUT2D eigenvalue weighted by Gasteiger charge is 2.15. The molecule has 4 nitrogen and oxygen atoms in total. The summed E-state index contributed by atoms with van der Waals surface area (Å²) in [7, 11) is 0. The van der Waals surface area contributed by atoms with Gasteiger partial charge in [-0.1, -0.05) is 17.7 Å². The maximum Gasteiger partial charge on any atom is 0.252 e. The fraction of sp³-hybridized carbons (Fsp3) is 0.100. The molecule has 0 radical (unpaired) electrons. The van der Waals surface area contributed by atoms with E-state index in [1.54, 1.807) is 17.6 Å². The smallest absolute Gasteiger partial charge is 0.252 e. The average molecular weight is 348 g/mol. The minimum absolute atomic E-state index is 0.132. The van der Waals surface area contributed by atoms with E-state index in [0.717, 1.165) is 32.8 Å². The maximum absolute atomic E-state index is 12.8. The summed E-state index contributed by atoms with van der Waals surface area (Å²) in [6.07, 6.45) is 1.60. The molecule has 1 aromatic carbocycles. The number of carbonyl (C=O) groups excluding carboxylic acids is 1. The van der Waals surface area contributed by atoms with E-state index in [1.165, 1.54) is 0 Å². The average Bonchev–Trinajstić information content (AvgIpc) is 3.32. The highest BCUT2D eigenvalue weighted by atomic mass is 32.1. The fourth-order valence-corrected chi connectivity index (χ4v) is 3.44. The lowest BCUT2D eigenvalue weighted by Gasteiger charge is -2.10. The van der Waals surface area contributed by atoms with Gasteiger partial charge in [-0.3, -0.25) is 4.79 Å². The predicted octanol–water partition coefficient (Wildman–Crippen LogP) is 4.79. The Kier molecular flexibility index (Phi) is 4.07. The van der Waals surface area contributed by atoms with Crippen molar-refractivity contribution in [2.45, 2.75) is 13.5 Å². The highest BCUT2D eigenvalue weighted by Crippen LogP contribution is 2.28. The molecule has 0 aliphatic rings. The van der Waals surface area contributed by atoms with E-state index < -0.39 is 0 Å². The Bertz CT molecular complexity index is 1020. The Labute approximate surface area is 149 Å². The van der Waals surface area contributed by atoms with Gasteiger partial charge < -0.3 is 9.73 Å². The van der Waals surface area contributed by atoms with Crippen LogP contribution in [-0.4, -0.2) is 10.9 Å². The largest absolute Gasteiger partial charge is 0.467 e. The number of benzene rings is 1. The van der Waals surface area contributed by atoms with E-state index in [4.69, 9.17) is 9.40 Å². The summed E-state index contributed by atoms with van der Waals surface area (Å²) in [6, 6.07) is 15.5. The molecule has 0 unspecified atom stereocenters. The van der Waals surface area contributed by atoms with Crippen molar-refractivity contribution in [1.29, 1.82) is 0 Å². The van der Waals surface area contributed by atoms with Gasteiger partial charge in [0.05, 0.1) is 34.5 Å². The third-order valence-corrected chi connectivity index (χ3v) is 4.88. The molecule has 0 saturated heterocycles. The van der Waals surface area contributed by atoms with Gasteiger partial charge in [-0.2, -0.15) is 0 Å². The molecular formula is C20H16N2O2S. The van der Waals surface area contributed by atoms with Crippen LogP contribution in [0.5, 0.6) is 0 Å². The van der Waals surface area contributed by atoms with Crippen LogP contribution in [0.25, 0.3) is 21.5 Å². The number of nitrogens with zero attached hydrogens (tertiary/aromatic N) is 1. The number of pyridine rings is 1. The monoisotopic (exact) mass is 348 g/mol. The first kappa shape index (κ1) is 15.6. The molecule has 25 heavy (non-hydrogen) atoms. The molecule has 124 valence electrons. The van der Waals surface area contributed by atoms with E-state index in [9.17, 15) is 4.79 Å². The summed E-state index contributed by atoms with van der Waals surface area (Å²) in [6.45, 7) is 2.37.